The summed E-state index contributed by atoms with van der Waals surface area (Å²) in [6, 6.07) is 8.47. The lowest BCUT2D eigenvalue weighted by molar-refractivity contribution is 0.110. The van der Waals surface area contributed by atoms with Crippen molar-refractivity contribution in [2.24, 2.45) is 0 Å². The van der Waals surface area contributed by atoms with Crippen LogP contribution in [0.5, 0.6) is 0 Å². The van der Waals surface area contributed by atoms with Crippen LogP contribution in [0.4, 0.5) is 0 Å². The average Bonchev–Trinajstić information content (AvgIpc) is 3.04. The van der Waals surface area contributed by atoms with Crippen molar-refractivity contribution < 1.29 is 4.74 Å². The highest BCUT2D eigenvalue weighted by Gasteiger charge is 2.14. The molecule has 3 nitrogen and oxygen atoms in total. The minimum atomic E-state index is 0.438. The summed E-state index contributed by atoms with van der Waals surface area (Å²) in [7, 11) is 0. The first kappa shape index (κ1) is 11.8. The van der Waals surface area contributed by atoms with E-state index in [1.54, 1.807) is 0 Å². The number of aromatic nitrogens is 1. The molecule has 0 aliphatic carbocycles. The lowest BCUT2D eigenvalue weighted by Crippen LogP contribution is -2.27. The number of fused-ring (bicyclic) bond motifs is 1. The summed E-state index contributed by atoms with van der Waals surface area (Å²) in [4.78, 5) is 3.32. The number of aromatic amines is 1. The van der Waals surface area contributed by atoms with Crippen molar-refractivity contribution in [2.75, 3.05) is 19.7 Å². The molecule has 2 aromatic rings. The van der Waals surface area contributed by atoms with Gasteiger partial charge in [0.25, 0.3) is 0 Å². The lowest BCUT2D eigenvalue weighted by atomic mass is 10.1. The van der Waals surface area contributed by atoms with Crippen LogP contribution in [0, 0.1) is 0 Å². The van der Waals surface area contributed by atoms with Crippen molar-refractivity contribution in [3.8, 4) is 0 Å². The molecule has 1 atom stereocenters. The minimum Gasteiger partial charge on any atom is -0.377 e. The third-order valence-corrected chi connectivity index (χ3v) is 3.64. The van der Waals surface area contributed by atoms with Crippen LogP contribution >= 0.6 is 0 Å². The van der Waals surface area contributed by atoms with E-state index in [-0.39, 0.29) is 0 Å². The van der Waals surface area contributed by atoms with E-state index in [1.807, 2.05) is 0 Å². The predicted octanol–water partition coefficient (Wildman–Crippen LogP) is 2.48. The van der Waals surface area contributed by atoms with Crippen molar-refractivity contribution in [1.82, 2.24) is 10.3 Å². The molecule has 3 heteroatoms. The van der Waals surface area contributed by atoms with E-state index < -0.39 is 0 Å². The Bertz CT molecular complexity index is 500. The summed E-state index contributed by atoms with van der Waals surface area (Å²) in [6.45, 7) is 2.94. The van der Waals surface area contributed by atoms with Gasteiger partial charge < -0.3 is 15.0 Å². The zero-order valence-electron chi connectivity index (χ0n) is 10.6. The van der Waals surface area contributed by atoms with Crippen LogP contribution in [0.25, 0.3) is 10.9 Å². The average molecular weight is 244 g/mol. The third kappa shape index (κ3) is 2.57. The fourth-order valence-corrected chi connectivity index (χ4v) is 2.63. The second-order valence-corrected chi connectivity index (χ2v) is 4.95. The minimum absolute atomic E-state index is 0.438. The molecular weight excluding hydrogens is 224 g/mol. The number of ether oxygens (including phenoxy) is 1. The largest absolute Gasteiger partial charge is 0.377 e. The lowest BCUT2D eigenvalue weighted by Gasteiger charge is -2.10. The van der Waals surface area contributed by atoms with Crippen LogP contribution in [-0.4, -0.2) is 30.8 Å². The number of rotatable bonds is 5. The van der Waals surface area contributed by atoms with Gasteiger partial charge in [0, 0.05) is 30.3 Å². The molecule has 1 aliphatic heterocycles. The summed E-state index contributed by atoms with van der Waals surface area (Å²) < 4.78 is 5.59. The number of para-hydroxylation sites is 1. The van der Waals surface area contributed by atoms with E-state index in [0.717, 1.165) is 26.1 Å². The second kappa shape index (κ2) is 5.55. The first-order chi connectivity index (χ1) is 8.93. The normalized spacial score (nSPS) is 19.7. The van der Waals surface area contributed by atoms with E-state index in [2.05, 4.69) is 40.8 Å². The molecule has 1 aromatic carbocycles. The Kier molecular flexibility index (Phi) is 3.62. The van der Waals surface area contributed by atoms with E-state index in [9.17, 15) is 0 Å². The van der Waals surface area contributed by atoms with Gasteiger partial charge in [0.2, 0.25) is 0 Å². The SMILES string of the molecule is c1ccc2c(CCNCC3CCCO3)c[nH]c2c1. The maximum absolute atomic E-state index is 5.59. The Morgan fingerprint density at radius 2 is 2.28 bits per heavy atom. The summed E-state index contributed by atoms with van der Waals surface area (Å²) in [5.41, 5.74) is 2.62. The molecule has 96 valence electrons. The Hall–Kier alpha value is -1.32. The number of hydrogen-bond acceptors (Lipinski definition) is 2. The summed E-state index contributed by atoms with van der Waals surface area (Å²) in [5.74, 6) is 0. The Balaban J connectivity index is 1.50. The molecule has 1 aliphatic rings. The monoisotopic (exact) mass is 244 g/mol. The Labute approximate surface area is 108 Å². The molecule has 0 saturated carbocycles. The van der Waals surface area contributed by atoms with Crippen LogP contribution in [0.1, 0.15) is 18.4 Å². The number of H-pyrrole nitrogens is 1. The number of hydrogen-bond donors (Lipinski definition) is 2. The molecule has 2 N–H and O–H groups in total. The first-order valence-corrected chi connectivity index (χ1v) is 6.81. The van der Waals surface area contributed by atoms with Gasteiger partial charge in [0.15, 0.2) is 0 Å². The maximum atomic E-state index is 5.59. The fraction of sp³-hybridized carbons (Fsp3) is 0.467. The molecule has 3 rings (SSSR count). The molecule has 1 fully saturated rings. The van der Waals surface area contributed by atoms with Crippen LogP contribution < -0.4 is 5.32 Å². The van der Waals surface area contributed by atoms with Gasteiger partial charge in [-0.15, -0.1) is 0 Å². The Morgan fingerprint density at radius 3 is 3.17 bits per heavy atom. The topological polar surface area (TPSA) is 37.0 Å². The third-order valence-electron chi connectivity index (χ3n) is 3.64. The van der Waals surface area contributed by atoms with Crippen molar-refractivity contribution in [2.45, 2.75) is 25.4 Å². The van der Waals surface area contributed by atoms with Crippen LogP contribution in [0.2, 0.25) is 0 Å². The summed E-state index contributed by atoms with van der Waals surface area (Å²) in [5, 5.41) is 4.84. The molecule has 0 bridgehead atoms. The first-order valence-electron chi connectivity index (χ1n) is 6.81. The van der Waals surface area contributed by atoms with E-state index in [4.69, 9.17) is 4.74 Å². The van der Waals surface area contributed by atoms with Crippen molar-refractivity contribution in [3.63, 3.8) is 0 Å². The van der Waals surface area contributed by atoms with E-state index in [0.29, 0.717) is 6.10 Å². The molecular formula is C15H20N2O. The van der Waals surface area contributed by atoms with E-state index >= 15 is 0 Å². The molecule has 1 aromatic heterocycles. The molecule has 1 saturated heterocycles. The molecule has 0 amide bonds. The van der Waals surface area contributed by atoms with Crippen molar-refractivity contribution in [1.29, 1.82) is 0 Å². The van der Waals surface area contributed by atoms with Gasteiger partial charge in [-0.05, 0) is 37.4 Å². The van der Waals surface area contributed by atoms with Gasteiger partial charge >= 0.3 is 0 Å². The van der Waals surface area contributed by atoms with Gasteiger partial charge in [-0.1, -0.05) is 18.2 Å². The Morgan fingerprint density at radius 1 is 1.33 bits per heavy atom. The van der Waals surface area contributed by atoms with Crippen LogP contribution in [0.3, 0.4) is 0 Å². The highest BCUT2D eigenvalue weighted by molar-refractivity contribution is 5.83. The second-order valence-electron chi connectivity index (χ2n) is 4.95. The number of nitrogens with one attached hydrogen (secondary N) is 2. The maximum Gasteiger partial charge on any atom is 0.0700 e. The van der Waals surface area contributed by atoms with Gasteiger partial charge in [0.1, 0.15) is 0 Å². The van der Waals surface area contributed by atoms with E-state index in [1.165, 1.54) is 29.3 Å². The highest BCUT2D eigenvalue weighted by Crippen LogP contribution is 2.17. The molecule has 0 spiro atoms. The molecule has 1 unspecified atom stereocenters. The van der Waals surface area contributed by atoms with Crippen LogP contribution in [-0.2, 0) is 11.2 Å². The van der Waals surface area contributed by atoms with Gasteiger partial charge in [0.05, 0.1) is 6.10 Å². The zero-order chi connectivity index (χ0) is 12.2. The smallest absolute Gasteiger partial charge is 0.0700 e. The quantitative estimate of drug-likeness (QED) is 0.793. The van der Waals surface area contributed by atoms with Gasteiger partial charge in [-0.2, -0.15) is 0 Å². The summed E-state index contributed by atoms with van der Waals surface area (Å²) >= 11 is 0. The van der Waals surface area contributed by atoms with Gasteiger partial charge in [-0.25, -0.2) is 0 Å². The highest BCUT2D eigenvalue weighted by atomic mass is 16.5. The van der Waals surface area contributed by atoms with Crippen molar-refractivity contribution >= 4 is 10.9 Å². The summed E-state index contributed by atoms with van der Waals surface area (Å²) in [6.07, 6.45) is 6.05. The zero-order valence-corrected chi connectivity index (χ0v) is 10.6. The fourth-order valence-electron chi connectivity index (χ4n) is 2.63. The molecule has 0 radical (unpaired) electrons. The molecule has 18 heavy (non-hydrogen) atoms. The predicted molar refractivity (Wildman–Crippen MR) is 73.8 cm³/mol. The van der Waals surface area contributed by atoms with Crippen LogP contribution in [0.15, 0.2) is 30.5 Å². The van der Waals surface area contributed by atoms with Gasteiger partial charge in [-0.3, -0.25) is 0 Å². The number of benzene rings is 1. The standard InChI is InChI=1S/C15H20N2O/c1-2-6-15-14(5-1)12(10-17-15)7-8-16-11-13-4-3-9-18-13/h1-2,5-6,10,13,16-17H,3-4,7-9,11H2. The molecule has 2 heterocycles. The van der Waals surface area contributed by atoms with Crippen molar-refractivity contribution in [3.05, 3.63) is 36.0 Å².